The molecule has 0 radical (unpaired) electrons. The van der Waals surface area contributed by atoms with E-state index in [1.165, 1.54) is 0 Å². The van der Waals surface area contributed by atoms with Gasteiger partial charge in [-0.15, -0.1) is 0 Å². The summed E-state index contributed by atoms with van der Waals surface area (Å²) in [7, 11) is 0. The van der Waals surface area contributed by atoms with E-state index in [1.807, 2.05) is 0 Å². The van der Waals surface area contributed by atoms with Crippen molar-refractivity contribution in [2.75, 3.05) is 0 Å². The minimum atomic E-state index is -0.833. The Morgan fingerprint density at radius 3 is 1.80 bits per heavy atom. The number of aliphatic carboxylic acids is 1. The van der Waals surface area contributed by atoms with Gasteiger partial charge in [-0.2, -0.15) is 0 Å². The number of carboxylic acid groups (broad SMARTS) is 1. The van der Waals surface area contributed by atoms with Gasteiger partial charge in [-0.1, -0.05) is 0 Å². The Bertz CT molecular complexity index is 30.6. The molecule has 0 fully saturated rings. The van der Waals surface area contributed by atoms with Crippen LogP contribution in [0.1, 0.15) is 6.92 Å². The Kier molecular flexibility index (Phi) is 7.44. The second-order valence-corrected chi connectivity index (χ2v) is 0.519. The largest absolute Gasteiger partial charge is 0.481 e. The Hall–Kier alpha value is 0.158. The van der Waals surface area contributed by atoms with Crippen LogP contribution in [0.25, 0.3) is 0 Å². The van der Waals surface area contributed by atoms with Gasteiger partial charge in [0.2, 0.25) is 0 Å². The molecule has 0 aromatic rings. The maximum atomic E-state index is 9.00. The molecule has 0 aromatic heterocycles. The molecule has 2 nitrogen and oxygen atoms in total. The van der Waals surface area contributed by atoms with E-state index in [0.717, 1.165) is 6.92 Å². The fraction of sp³-hybridized carbons (Fsp3) is 0.500. The predicted octanol–water partition coefficient (Wildman–Crippen LogP) is 0.0884. The normalized spacial score (nSPS) is 5.00. The average Bonchev–Trinajstić information content (AvgIpc) is 0.811. The standard InChI is InChI=1S/C2H4O2.Mo/c1-2(3)4;/h1H3,(H,3,4);. The van der Waals surface area contributed by atoms with Crippen molar-refractivity contribution in [3.05, 3.63) is 0 Å². The molecule has 0 aliphatic heterocycles. The van der Waals surface area contributed by atoms with Crippen LogP contribution in [0.15, 0.2) is 0 Å². The van der Waals surface area contributed by atoms with Crippen molar-refractivity contribution in [3.63, 3.8) is 0 Å². The van der Waals surface area contributed by atoms with Gasteiger partial charge in [0.15, 0.2) is 0 Å². The molecule has 0 aromatic carbocycles. The van der Waals surface area contributed by atoms with Crippen molar-refractivity contribution in [2.45, 2.75) is 6.92 Å². The Labute approximate surface area is 44.4 Å². The van der Waals surface area contributed by atoms with Crippen molar-refractivity contribution >= 4 is 5.97 Å². The first-order valence-electron chi connectivity index (χ1n) is 0.928. The summed E-state index contributed by atoms with van der Waals surface area (Å²) in [6, 6.07) is 0. The van der Waals surface area contributed by atoms with Crippen molar-refractivity contribution in [1.29, 1.82) is 0 Å². The summed E-state index contributed by atoms with van der Waals surface area (Å²) in [5.74, 6) is -0.833. The van der Waals surface area contributed by atoms with E-state index in [-0.39, 0.29) is 21.1 Å². The van der Waals surface area contributed by atoms with Crippen LogP contribution in [0.4, 0.5) is 0 Å². The van der Waals surface area contributed by atoms with Gasteiger partial charge in [0.1, 0.15) is 0 Å². The van der Waals surface area contributed by atoms with Crippen LogP contribution in [0, 0.1) is 0 Å². The quantitative estimate of drug-likeness (QED) is 0.504. The van der Waals surface area contributed by atoms with Crippen LogP contribution in [0.5, 0.6) is 0 Å². The fourth-order valence-electron chi connectivity index (χ4n) is 0. The van der Waals surface area contributed by atoms with E-state index in [2.05, 4.69) is 0 Å². The maximum absolute atomic E-state index is 9.00. The van der Waals surface area contributed by atoms with E-state index in [4.69, 9.17) is 9.90 Å². The molecule has 3 heteroatoms. The molecule has 0 saturated heterocycles. The molecule has 0 aliphatic rings. The van der Waals surface area contributed by atoms with Crippen LogP contribution >= 0.6 is 0 Å². The van der Waals surface area contributed by atoms with Gasteiger partial charge in [0, 0.05) is 28.0 Å². The zero-order chi connectivity index (χ0) is 3.58. The third-order valence-electron chi connectivity index (χ3n) is 0. The van der Waals surface area contributed by atoms with Crippen LogP contribution in [-0.4, -0.2) is 11.1 Å². The smallest absolute Gasteiger partial charge is 0.300 e. The first-order chi connectivity index (χ1) is 1.73. The van der Waals surface area contributed by atoms with Crippen LogP contribution in [-0.2, 0) is 25.9 Å². The van der Waals surface area contributed by atoms with Crippen LogP contribution < -0.4 is 0 Å². The molecule has 0 heterocycles. The number of hydrogen-bond acceptors (Lipinski definition) is 1. The van der Waals surface area contributed by atoms with E-state index in [9.17, 15) is 0 Å². The molecule has 0 atom stereocenters. The van der Waals surface area contributed by atoms with Crippen molar-refractivity contribution < 1.29 is 31.0 Å². The molecule has 0 rings (SSSR count). The van der Waals surface area contributed by atoms with Gasteiger partial charge in [-0.05, 0) is 0 Å². The molecule has 0 amide bonds. The molecule has 5 heavy (non-hydrogen) atoms. The zero-order valence-electron chi connectivity index (χ0n) is 2.76. The van der Waals surface area contributed by atoms with Gasteiger partial charge in [-0.3, -0.25) is 4.79 Å². The molecular weight excluding hydrogens is 152 g/mol. The summed E-state index contributed by atoms with van der Waals surface area (Å²) in [6.45, 7) is 1.08. The third-order valence-corrected chi connectivity index (χ3v) is 0. The van der Waals surface area contributed by atoms with Gasteiger partial charge >= 0.3 is 0 Å². The Morgan fingerprint density at radius 1 is 1.80 bits per heavy atom. The molecule has 1 N–H and O–H groups in total. The summed E-state index contributed by atoms with van der Waals surface area (Å²) < 4.78 is 0. The second-order valence-electron chi connectivity index (χ2n) is 0.519. The SMILES string of the molecule is CC(=O)O.[Mo]. The van der Waals surface area contributed by atoms with Gasteiger partial charge in [0.25, 0.3) is 5.97 Å². The van der Waals surface area contributed by atoms with Crippen LogP contribution in [0.3, 0.4) is 0 Å². The molecule has 0 spiro atoms. The third kappa shape index (κ3) is 773. The molecule has 0 aliphatic carbocycles. The second kappa shape index (κ2) is 4.16. The van der Waals surface area contributed by atoms with Crippen molar-refractivity contribution in [2.24, 2.45) is 0 Å². The van der Waals surface area contributed by atoms with Gasteiger partial charge in [0.05, 0.1) is 0 Å². The Morgan fingerprint density at radius 2 is 1.80 bits per heavy atom. The number of carbonyl (C=O) groups is 1. The molecular formula is C2H4MoO2. The average molecular weight is 156 g/mol. The minimum Gasteiger partial charge on any atom is -0.481 e. The fourth-order valence-corrected chi connectivity index (χ4v) is 0. The van der Waals surface area contributed by atoms with E-state index in [0.29, 0.717) is 0 Å². The summed E-state index contributed by atoms with van der Waals surface area (Å²) in [5, 5.41) is 7.42. The molecule has 0 bridgehead atoms. The summed E-state index contributed by atoms with van der Waals surface area (Å²) >= 11 is 0. The van der Waals surface area contributed by atoms with E-state index in [1.54, 1.807) is 0 Å². The topological polar surface area (TPSA) is 37.3 Å². The summed E-state index contributed by atoms with van der Waals surface area (Å²) in [5.41, 5.74) is 0. The Balaban J connectivity index is 0. The predicted molar refractivity (Wildman–Crippen MR) is 13.3 cm³/mol. The van der Waals surface area contributed by atoms with E-state index < -0.39 is 5.97 Å². The molecule has 0 saturated carbocycles. The maximum Gasteiger partial charge on any atom is 0.300 e. The minimum absolute atomic E-state index is 0. The van der Waals surface area contributed by atoms with Gasteiger partial charge in [-0.25, -0.2) is 0 Å². The monoisotopic (exact) mass is 158 g/mol. The van der Waals surface area contributed by atoms with Crippen LogP contribution in [0.2, 0.25) is 0 Å². The van der Waals surface area contributed by atoms with E-state index >= 15 is 0 Å². The number of rotatable bonds is 0. The molecule has 30 valence electrons. The zero-order valence-corrected chi connectivity index (χ0v) is 4.77. The number of carboxylic acids is 1. The van der Waals surface area contributed by atoms with Gasteiger partial charge < -0.3 is 5.11 Å². The van der Waals surface area contributed by atoms with Crippen molar-refractivity contribution in [1.82, 2.24) is 0 Å². The molecule has 0 unspecified atom stereocenters. The van der Waals surface area contributed by atoms with Crippen molar-refractivity contribution in [3.8, 4) is 0 Å². The summed E-state index contributed by atoms with van der Waals surface area (Å²) in [4.78, 5) is 9.00. The first kappa shape index (κ1) is 8.94. The summed E-state index contributed by atoms with van der Waals surface area (Å²) in [6.07, 6.45) is 0. The number of hydrogen-bond donors (Lipinski definition) is 1. The first-order valence-corrected chi connectivity index (χ1v) is 0.928.